The van der Waals surface area contributed by atoms with Crippen molar-refractivity contribution in [2.45, 2.75) is 26.2 Å². The topological polar surface area (TPSA) is 41.6 Å². The minimum atomic E-state index is -0.000160. The monoisotopic (exact) mass is 413 g/mol. The third kappa shape index (κ3) is 4.73. The Morgan fingerprint density at radius 3 is 2.50 bits per heavy atom. The lowest BCUT2D eigenvalue weighted by Crippen LogP contribution is -3.00. The van der Waals surface area contributed by atoms with E-state index in [4.69, 9.17) is 4.74 Å². The van der Waals surface area contributed by atoms with E-state index in [0.29, 0.717) is 6.54 Å². The van der Waals surface area contributed by atoms with Gasteiger partial charge in [0.15, 0.2) is 0 Å². The Hall–Kier alpha value is -2.34. The van der Waals surface area contributed by atoms with Crippen LogP contribution in [0.15, 0.2) is 60.7 Å². The van der Waals surface area contributed by atoms with Crippen molar-refractivity contribution < 1.29 is 21.9 Å². The van der Waals surface area contributed by atoms with Crippen molar-refractivity contribution >= 4 is 17.2 Å². The van der Waals surface area contributed by atoms with E-state index in [0.717, 1.165) is 35.8 Å². The molecule has 4 nitrogen and oxygen atoms in total. The van der Waals surface area contributed by atoms with E-state index in [1.165, 1.54) is 16.0 Å². The number of ether oxygens (including phenoxy) is 1. The molecule has 1 aliphatic heterocycles. The molecular weight excluding hydrogens is 392 g/mol. The van der Waals surface area contributed by atoms with E-state index in [1.54, 1.807) is 18.4 Å². The van der Waals surface area contributed by atoms with Gasteiger partial charge in [-0.15, -0.1) is 11.3 Å². The van der Waals surface area contributed by atoms with Crippen LogP contribution in [0.5, 0.6) is 5.75 Å². The number of hydrogen-bond acceptors (Lipinski definition) is 4. The SMILES string of the molecule is COc1ccc(CNC(=O)c2cc3c(s2)CN(Cc2ccccc2)C3)cc1.[Cl-]. The van der Waals surface area contributed by atoms with Crippen molar-refractivity contribution in [1.82, 2.24) is 10.2 Å². The first-order chi connectivity index (χ1) is 13.2. The molecule has 2 heterocycles. The summed E-state index contributed by atoms with van der Waals surface area (Å²) < 4.78 is 5.16. The zero-order valence-electron chi connectivity index (χ0n) is 15.7. The van der Waals surface area contributed by atoms with Gasteiger partial charge in [0.2, 0.25) is 0 Å². The van der Waals surface area contributed by atoms with Crippen molar-refractivity contribution in [3.05, 3.63) is 87.1 Å². The molecule has 1 amide bonds. The average molecular weight is 414 g/mol. The molecule has 0 atom stereocenters. The molecule has 0 spiro atoms. The standard InChI is InChI=1S/C22H22N2O2S.ClH/c1-26-19-9-7-16(8-10-19)12-23-22(25)20-11-18-14-24(15-21(18)27-20)13-17-5-3-2-4-6-17;/h2-11H,12-15H2,1H3,(H,23,25);1H/p-1. The minimum Gasteiger partial charge on any atom is -1.00 e. The molecule has 4 rings (SSSR count). The molecule has 146 valence electrons. The second-order valence-corrected chi connectivity index (χ2v) is 7.86. The highest BCUT2D eigenvalue weighted by molar-refractivity contribution is 7.14. The number of nitrogens with one attached hydrogen (secondary N) is 1. The molecule has 28 heavy (non-hydrogen) atoms. The fourth-order valence-electron chi connectivity index (χ4n) is 3.31. The van der Waals surface area contributed by atoms with Crippen molar-refractivity contribution in [2.75, 3.05) is 7.11 Å². The van der Waals surface area contributed by atoms with Crippen LogP contribution in [0.4, 0.5) is 0 Å². The van der Waals surface area contributed by atoms with E-state index >= 15 is 0 Å². The number of thiophene rings is 1. The summed E-state index contributed by atoms with van der Waals surface area (Å²) in [6.07, 6.45) is 0. The van der Waals surface area contributed by atoms with Gasteiger partial charge in [-0.1, -0.05) is 42.5 Å². The molecule has 6 heteroatoms. The molecule has 0 fully saturated rings. The van der Waals surface area contributed by atoms with Crippen LogP contribution in [0.1, 0.15) is 31.2 Å². The van der Waals surface area contributed by atoms with Gasteiger partial charge in [0.1, 0.15) is 5.75 Å². The van der Waals surface area contributed by atoms with Crippen LogP contribution in [-0.2, 0) is 26.2 Å². The van der Waals surface area contributed by atoms with Gasteiger partial charge in [-0.05, 0) is 34.9 Å². The first kappa shape index (κ1) is 20.4. The van der Waals surface area contributed by atoms with E-state index in [2.05, 4.69) is 34.5 Å². The Labute approximate surface area is 175 Å². The number of carbonyl (C=O) groups excluding carboxylic acids is 1. The summed E-state index contributed by atoms with van der Waals surface area (Å²) in [7, 11) is 1.65. The number of fused-ring (bicyclic) bond motifs is 1. The molecule has 1 aromatic heterocycles. The summed E-state index contributed by atoms with van der Waals surface area (Å²) in [5.74, 6) is 0.819. The second-order valence-electron chi connectivity index (χ2n) is 6.72. The van der Waals surface area contributed by atoms with Crippen LogP contribution in [0.3, 0.4) is 0 Å². The van der Waals surface area contributed by atoms with Crippen molar-refractivity contribution in [1.29, 1.82) is 0 Å². The summed E-state index contributed by atoms with van der Waals surface area (Å²) in [5, 5.41) is 3.01. The lowest BCUT2D eigenvalue weighted by molar-refractivity contribution is -0.0000140. The number of rotatable bonds is 6. The largest absolute Gasteiger partial charge is 1.00 e. The van der Waals surface area contributed by atoms with E-state index in [-0.39, 0.29) is 18.3 Å². The van der Waals surface area contributed by atoms with E-state index < -0.39 is 0 Å². The Morgan fingerprint density at radius 1 is 1.07 bits per heavy atom. The zero-order chi connectivity index (χ0) is 18.6. The van der Waals surface area contributed by atoms with Gasteiger partial charge in [-0.25, -0.2) is 0 Å². The highest BCUT2D eigenvalue weighted by Crippen LogP contribution is 2.32. The maximum Gasteiger partial charge on any atom is 0.261 e. The number of amides is 1. The highest BCUT2D eigenvalue weighted by Gasteiger charge is 2.23. The first-order valence-electron chi connectivity index (χ1n) is 9.00. The lowest BCUT2D eigenvalue weighted by Gasteiger charge is -2.15. The number of nitrogens with zero attached hydrogens (tertiary/aromatic N) is 1. The molecule has 0 unspecified atom stereocenters. The Balaban J connectivity index is 0.00000225. The molecule has 2 aromatic carbocycles. The molecule has 0 aliphatic carbocycles. The van der Waals surface area contributed by atoms with Crippen LogP contribution in [-0.4, -0.2) is 17.9 Å². The van der Waals surface area contributed by atoms with Gasteiger partial charge in [0, 0.05) is 31.1 Å². The fraction of sp³-hybridized carbons (Fsp3) is 0.227. The Kier molecular flexibility index (Phi) is 6.73. The number of halogens is 1. The molecule has 0 bridgehead atoms. The molecular formula is C22H22ClN2O2S-. The van der Waals surface area contributed by atoms with E-state index in [9.17, 15) is 4.79 Å². The molecule has 1 N–H and O–H groups in total. The quantitative estimate of drug-likeness (QED) is 0.660. The molecule has 0 radical (unpaired) electrons. The van der Waals surface area contributed by atoms with Crippen LogP contribution >= 0.6 is 11.3 Å². The number of benzene rings is 2. The molecule has 1 aliphatic rings. The van der Waals surface area contributed by atoms with E-state index in [1.807, 2.05) is 36.4 Å². The van der Waals surface area contributed by atoms with Crippen LogP contribution in [0.2, 0.25) is 0 Å². The van der Waals surface area contributed by atoms with Gasteiger partial charge in [0.25, 0.3) is 5.91 Å². The maximum atomic E-state index is 12.5. The fourth-order valence-corrected chi connectivity index (χ4v) is 4.45. The van der Waals surface area contributed by atoms with Gasteiger partial charge in [0.05, 0.1) is 12.0 Å². The van der Waals surface area contributed by atoms with Crippen LogP contribution in [0, 0.1) is 0 Å². The summed E-state index contributed by atoms with van der Waals surface area (Å²) in [5.41, 5.74) is 3.66. The molecule has 0 saturated carbocycles. The summed E-state index contributed by atoms with van der Waals surface area (Å²) in [6, 6.07) is 20.3. The predicted molar refractivity (Wildman–Crippen MR) is 108 cm³/mol. The minimum absolute atomic E-state index is 0. The Morgan fingerprint density at radius 2 is 1.82 bits per heavy atom. The van der Waals surface area contributed by atoms with Crippen molar-refractivity contribution in [3.63, 3.8) is 0 Å². The summed E-state index contributed by atoms with van der Waals surface area (Å²) in [4.78, 5) is 17.0. The maximum absolute atomic E-state index is 12.5. The number of carbonyl (C=O) groups is 1. The van der Waals surface area contributed by atoms with Crippen LogP contribution < -0.4 is 22.5 Å². The molecule has 3 aromatic rings. The predicted octanol–water partition coefficient (Wildman–Crippen LogP) is 1.21. The van der Waals surface area contributed by atoms with Gasteiger partial charge >= 0.3 is 0 Å². The second kappa shape index (κ2) is 9.24. The Bertz CT molecular complexity index is 902. The van der Waals surface area contributed by atoms with Crippen molar-refractivity contribution in [2.24, 2.45) is 0 Å². The lowest BCUT2D eigenvalue weighted by atomic mass is 10.2. The zero-order valence-corrected chi connectivity index (χ0v) is 17.2. The number of methoxy groups -OCH3 is 1. The van der Waals surface area contributed by atoms with Crippen LogP contribution in [0.25, 0.3) is 0 Å². The summed E-state index contributed by atoms with van der Waals surface area (Å²) >= 11 is 1.61. The van der Waals surface area contributed by atoms with Gasteiger partial charge in [-0.3, -0.25) is 9.69 Å². The first-order valence-corrected chi connectivity index (χ1v) is 9.82. The smallest absolute Gasteiger partial charge is 0.261 e. The normalized spacial score (nSPS) is 12.9. The number of hydrogen-bond donors (Lipinski definition) is 1. The van der Waals surface area contributed by atoms with Gasteiger partial charge < -0.3 is 22.5 Å². The van der Waals surface area contributed by atoms with Crippen molar-refractivity contribution in [3.8, 4) is 5.75 Å². The van der Waals surface area contributed by atoms with Gasteiger partial charge in [-0.2, -0.15) is 0 Å². The highest BCUT2D eigenvalue weighted by atomic mass is 35.5. The molecule has 0 saturated heterocycles. The average Bonchev–Trinajstić information content (AvgIpc) is 3.26. The third-order valence-electron chi connectivity index (χ3n) is 4.74. The summed E-state index contributed by atoms with van der Waals surface area (Å²) in [6.45, 7) is 3.29. The third-order valence-corrected chi connectivity index (χ3v) is 5.90.